The van der Waals surface area contributed by atoms with Crippen LogP contribution in [0.25, 0.3) is 0 Å². The third kappa shape index (κ3) is 3.70. The summed E-state index contributed by atoms with van der Waals surface area (Å²) in [6.45, 7) is 0.234. The minimum atomic E-state index is -0.948. The lowest BCUT2D eigenvalue weighted by Gasteiger charge is -2.21. The topological polar surface area (TPSA) is 87.7 Å². The molecular formula is C19H16F2N4O2S. The van der Waals surface area contributed by atoms with E-state index in [-0.39, 0.29) is 23.4 Å². The van der Waals surface area contributed by atoms with Gasteiger partial charge in [-0.25, -0.2) is 8.78 Å². The van der Waals surface area contributed by atoms with Gasteiger partial charge in [0.2, 0.25) is 0 Å². The number of carbonyl (C=O) groups excluding carboxylic acids is 2. The van der Waals surface area contributed by atoms with Crippen molar-refractivity contribution in [3.8, 4) is 0 Å². The Balaban J connectivity index is 1.39. The minimum Gasteiger partial charge on any atom is -0.356 e. The molecule has 2 heterocycles. The second kappa shape index (κ2) is 7.59. The van der Waals surface area contributed by atoms with Gasteiger partial charge in [-0.1, -0.05) is 17.8 Å². The Morgan fingerprint density at radius 2 is 2.04 bits per heavy atom. The van der Waals surface area contributed by atoms with Crippen molar-refractivity contribution in [1.29, 1.82) is 0 Å². The molecule has 1 aliphatic carbocycles. The number of benzene rings is 1. The standard InChI is InChI=1S/C19H16F2N4O2S/c20-12-4-5-13(14(21)7-12)17(26)11-6-15(22-8-11)18(27)23-9-16-24-25-19(28-16)10-2-1-3-10/h4-8,10,22H,1-3,9H2,(H,23,27). The predicted octanol–water partition coefficient (Wildman–Crippen LogP) is 3.57. The molecule has 3 aromatic rings. The Labute approximate surface area is 163 Å². The number of nitrogens with zero attached hydrogens (tertiary/aromatic N) is 2. The molecule has 1 aliphatic rings. The van der Waals surface area contributed by atoms with Crippen molar-refractivity contribution in [3.63, 3.8) is 0 Å². The SMILES string of the molecule is O=C(NCc1nnc(C2CCC2)s1)c1cc(C(=O)c2ccc(F)cc2F)c[nH]1. The maximum atomic E-state index is 13.8. The van der Waals surface area contributed by atoms with Crippen LogP contribution in [0.1, 0.15) is 61.6 Å². The highest BCUT2D eigenvalue weighted by Crippen LogP contribution is 2.37. The number of hydrogen-bond donors (Lipinski definition) is 2. The number of halogens is 2. The fourth-order valence-corrected chi connectivity index (χ4v) is 3.85. The number of amides is 1. The van der Waals surface area contributed by atoms with Gasteiger partial charge in [0, 0.05) is 23.7 Å². The molecule has 0 aliphatic heterocycles. The van der Waals surface area contributed by atoms with Crippen LogP contribution in [0, 0.1) is 11.6 Å². The summed E-state index contributed by atoms with van der Waals surface area (Å²) < 4.78 is 26.8. The van der Waals surface area contributed by atoms with Crippen LogP contribution in [0.5, 0.6) is 0 Å². The average Bonchev–Trinajstić information content (AvgIpc) is 3.27. The first-order valence-electron chi connectivity index (χ1n) is 8.80. The Morgan fingerprint density at radius 1 is 1.21 bits per heavy atom. The van der Waals surface area contributed by atoms with Crippen LogP contribution in [-0.2, 0) is 6.54 Å². The van der Waals surface area contributed by atoms with Crippen molar-refractivity contribution >= 4 is 23.0 Å². The number of aromatic nitrogens is 3. The normalized spacial score (nSPS) is 13.9. The molecule has 2 aromatic heterocycles. The summed E-state index contributed by atoms with van der Waals surface area (Å²) in [5.41, 5.74) is 0.0122. The summed E-state index contributed by atoms with van der Waals surface area (Å²) in [4.78, 5) is 27.4. The zero-order valence-electron chi connectivity index (χ0n) is 14.7. The summed E-state index contributed by atoms with van der Waals surface area (Å²) in [6, 6.07) is 4.07. The molecule has 1 fully saturated rings. The third-order valence-corrected chi connectivity index (χ3v) is 5.79. The summed E-state index contributed by atoms with van der Waals surface area (Å²) in [5.74, 6) is -2.28. The molecule has 0 radical (unpaired) electrons. The molecule has 0 saturated heterocycles. The maximum Gasteiger partial charge on any atom is 0.268 e. The molecule has 0 unspecified atom stereocenters. The van der Waals surface area contributed by atoms with Gasteiger partial charge in [-0.15, -0.1) is 10.2 Å². The van der Waals surface area contributed by atoms with E-state index in [2.05, 4.69) is 20.5 Å². The van der Waals surface area contributed by atoms with E-state index in [1.54, 1.807) is 0 Å². The molecule has 1 aromatic carbocycles. The highest BCUT2D eigenvalue weighted by Gasteiger charge is 2.23. The first-order valence-corrected chi connectivity index (χ1v) is 9.61. The number of rotatable bonds is 6. The van der Waals surface area contributed by atoms with Crippen LogP contribution in [0.2, 0.25) is 0 Å². The highest BCUT2D eigenvalue weighted by atomic mass is 32.1. The van der Waals surface area contributed by atoms with Gasteiger partial charge in [0.25, 0.3) is 5.91 Å². The van der Waals surface area contributed by atoms with Crippen molar-refractivity contribution in [1.82, 2.24) is 20.5 Å². The number of ketones is 1. The first-order chi connectivity index (χ1) is 13.5. The second-order valence-electron chi connectivity index (χ2n) is 6.60. The Bertz CT molecular complexity index is 1040. The Hall–Kier alpha value is -2.94. The number of carbonyl (C=O) groups is 2. The number of hydrogen-bond acceptors (Lipinski definition) is 5. The van der Waals surface area contributed by atoms with E-state index in [4.69, 9.17) is 0 Å². The van der Waals surface area contributed by atoms with Gasteiger partial charge in [-0.3, -0.25) is 9.59 Å². The van der Waals surface area contributed by atoms with E-state index >= 15 is 0 Å². The van der Waals surface area contributed by atoms with Gasteiger partial charge in [-0.05, 0) is 31.0 Å². The number of aromatic amines is 1. The fraction of sp³-hybridized carbons (Fsp3) is 0.263. The van der Waals surface area contributed by atoms with Crippen molar-refractivity contribution in [2.75, 3.05) is 0 Å². The molecule has 144 valence electrons. The second-order valence-corrected chi connectivity index (χ2v) is 7.69. The largest absolute Gasteiger partial charge is 0.356 e. The zero-order chi connectivity index (χ0) is 19.7. The molecule has 28 heavy (non-hydrogen) atoms. The van der Waals surface area contributed by atoms with Crippen molar-refractivity contribution in [2.24, 2.45) is 0 Å². The molecule has 1 saturated carbocycles. The van der Waals surface area contributed by atoms with E-state index < -0.39 is 23.3 Å². The molecule has 2 N–H and O–H groups in total. The lowest BCUT2D eigenvalue weighted by atomic mass is 9.86. The van der Waals surface area contributed by atoms with Gasteiger partial charge < -0.3 is 10.3 Å². The first kappa shape index (κ1) is 18.4. The van der Waals surface area contributed by atoms with Gasteiger partial charge in [0.05, 0.1) is 12.1 Å². The van der Waals surface area contributed by atoms with E-state index in [0.717, 1.165) is 30.0 Å². The number of H-pyrrole nitrogens is 1. The zero-order valence-corrected chi connectivity index (χ0v) is 15.5. The molecule has 0 spiro atoms. The molecule has 0 bridgehead atoms. The molecular weight excluding hydrogens is 386 g/mol. The van der Waals surface area contributed by atoms with Gasteiger partial charge in [0.15, 0.2) is 5.78 Å². The quantitative estimate of drug-likeness (QED) is 0.617. The van der Waals surface area contributed by atoms with Crippen LogP contribution in [0.15, 0.2) is 30.5 Å². The molecule has 0 atom stereocenters. The summed E-state index contributed by atoms with van der Waals surface area (Å²) in [7, 11) is 0. The lowest BCUT2D eigenvalue weighted by Crippen LogP contribution is -2.23. The van der Waals surface area contributed by atoms with Crippen LogP contribution in [-0.4, -0.2) is 26.9 Å². The molecule has 9 heteroatoms. The molecule has 1 amide bonds. The monoisotopic (exact) mass is 402 g/mol. The third-order valence-electron chi connectivity index (χ3n) is 4.70. The van der Waals surface area contributed by atoms with E-state index in [1.165, 1.54) is 30.0 Å². The van der Waals surface area contributed by atoms with Crippen LogP contribution in [0.4, 0.5) is 8.78 Å². The van der Waals surface area contributed by atoms with Gasteiger partial charge in [0.1, 0.15) is 27.3 Å². The molecule has 6 nitrogen and oxygen atoms in total. The highest BCUT2D eigenvalue weighted by molar-refractivity contribution is 7.11. The van der Waals surface area contributed by atoms with Crippen molar-refractivity contribution < 1.29 is 18.4 Å². The van der Waals surface area contributed by atoms with Crippen LogP contribution >= 0.6 is 11.3 Å². The summed E-state index contributed by atoms with van der Waals surface area (Å²) >= 11 is 1.49. The molecule has 4 rings (SSSR count). The van der Waals surface area contributed by atoms with Crippen LogP contribution in [0.3, 0.4) is 0 Å². The van der Waals surface area contributed by atoms with Crippen molar-refractivity contribution in [2.45, 2.75) is 31.7 Å². The van der Waals surface area contributed by atoms with E-state index in [1.807, 2.05) is 0 Å². The van der Waals surface area contributed by atoms with Gasteiger partial charge >= 0.3 is 0 Å². The predicted molar refractivity (Wildman–Crippen MR) is 98.3 cm³/mol. The Kier molecular flexibility index (Phi) is 4.99. The van der Waals surface area contributed by atoms with E-state index in [0.29, 0.717) is 17.0 Å². The van der Waals surface area contributed by atoms with Crippen molar-refractivity contribution in [3.05, 3.63) is 68.9 Å². The average molecular weight is 402 g/mol. The van der Waals surface area contributed by atoms with Gasteiger partial charge in [-0.2, -0.15) is 0 Å². The maximum absolute atomic E-state index is 13.8. The summed E-state index contributed by atoms with van der Waals surface area (Å²) in [6.07, 6.45) is 4.80. The smallest absolute Gasteiger partial charge is 0.268 e. The Morgan fingerprint density at radius 3 is 2.75 bits per heavy atom. The number of nitrogens with one attached hydrogen (secondary N) is 2. The van der Waals surface area contributed by atoms with E-state index in [9.17, 15) is 18.4 Å². The fourth-order valence-electron chi connectivity index (χ4n) is 2.89. The lowest BCUT2D eigenvalue weighted by molar-refractivity contribution is 0.0946. The minimum absolute atomic E-state index is 0.110. The van der Waals surface area contributed by atoms with Crippen LogP contribution < -0.4 is 5.32 Å². The summed E-state index contributed by atoms with van der Waals surface area (Å²) in [5, 5.41) is 12.7.